The molecule has 2 atom stereocenters. The molecule has 32 heavy (non-hydrogen) atoms. The minimum atomic E-state index is -4.37. The highest BCUT2D eigenvalue weighted by atomic mass is 32.2. The van der Waals surface area contributed by atoms with Crippen LogP contribution in [0.1, 0.15) is 130 Å². The Morgan fingerprint density at radius 3 is 1.75 bits per heavy atom. The summed E-state index contributed by atoms with van der Waals surface area (Å²) in [5, 5.41) is 0.498. The Morgan fingerprint density at radius 2 is 1.22 bits per heavy atom. The number of unbranched alkanes of at least 4 members (excludes halogenated alkanes) is 13. The number of rotatable bonds is 25. The summed E-state index contributed by atoms with van der Waals surface area (Å²) >= 11 is 2.06. The van der Waals surface area contributed by atoms with Crippen LogP contribution in [-0.4, -0.2) is 40.1 Å². The molecule has 0 aromatic carbocycles. The summed E-state index contributed by atoms with van der Waals surface area (Å²) in [5.41, 5.74) is 0. The first-order valence-corrected chi connectivity index (χ1v) is 15.9. The topological polar surface area (TPSA) is 76.0 Å². The van der Waals surface area contributed by atoms with Gasteiger partial charge in [-0.15, -0.1) is 0 Å². The highest BCUT2D eigenvalue weighted by molar-refractivity contribution is 7.99. The molecule has 0 bridgehead atoms. The molecule has 0 aliphatic rings. The van der Waals surface area contributed by atoms with Gasteiger partial charge in [-0.25, -0.2) is 4.57 Å². The van der Waals surface area contributed by atoms with Gasteiger partial charge in [-0.3, -0.25) is 4.52 Å². The fraction of sp³-hybridized carbons (Fsp3) is 1.00. The third-order valence-corrected chi connectivity index (χ3v) is 7.96. The molecule has 0 aromatic rings. The van der Waals surface area contributed by atoms with Crippen molar-refractivity contribution in [2.75, 3.05) is 19.0 Å². The zero-order chi connectivity index (χ0) is 23.9. The fourth-order valence-electron chi connectivity index (χ4n) is 3.85. The second kappa shape index (κ2) is 23.2. The van der Waals surface area contributed by atoms with E-state index in [0.717, 1.165) is 0 Å². The van der Waals surface area contributed by atoms with E-state index in [9.17, 15) is 4.57 Å². The summed E-state index contributed by atoms with van der Waals surface area (Å²) in [6.45, 7) is 7.18. The lowest BCUT2D eigenvalue weighted by molar-refractivity contribution is 0.0521. The van der Waals surface area contributed by atoms with Crippen molar-refractivity contribution in [2.45, 2.75) is 141 Å². The molecule has 2 N–H and O–H groups in total. The van der Waals surface area contributed by atoms with Crippen LogP contribution in [0.5, 0.6) is 0 Å². The van der Waals surface area contributed by atoms with E-state index in [1.54, 1.807) is 0 Å². The minimum Gasteiger partial charge on any atom is -0.377 e. The lowest BCUT2D eigenvalue weighted by atomic mass is 10.1. The Kier molecular flexibility index (Phi) is 23.5. The van der Waals surface area contributed by atoms with E-state index in [0.29, 0.717) is 18.3 Å². The summed E-state index contributed by atoms with van der Waals surface area (Å²) in [4.78, 5) is 17.5. The number of ether oxygens (including phenoxy) is 1. The molecule has 194 valence electrons. The number of phosphoric ester groups is 1. The summed E-state index contributed by atoms with van der Waals surface area (Å²) in [6, 6.07) is 0. The maximum atomic E-state index is 10.8. The van der Waals surface area contributed by atoms with Gasteiger partial charge in [0.1, 0.15) is 0 Å². The van der Waals surface area contributed by atoms with Crippen molar-refractivity contribution in [3.63, 3.8) is 0 Å². The molecule has 0 amide bonds. The number of hydrogen-bond acceptors (Lipinski definition) is 4. The molecule has 7 heteroatoms. The third kappa shape index (κ3) is 23.6. The second-order valence-corrected chi connectivity index (χ2v) is 11.6. The van der Waals surface area contributed by atoms with Crippen molar-refractivity contribution in [1.29, 1.82) is 0 Å². The predicted molar refractivity (Wildman–Crippen MR) is 139 cm³/mol. The Hall–Kier alpha value is 0.420. The van der Waals surface area contributed by atoms with Gasteiger partial charge in [0.2, 0.25) is 0 Å². The van der Waals surface area contributed by atoms with E-state index < -0.39 is 7.82 Å². The Morgan fingerprint density at radius 1 is 0.719 bits per heavy atom. The Bertz CT molecular complexity index is 433. The van der Waals surface area contributed by atoms with Gasteiger partial charge in [0.25, 0.3) is 0 Å². The highest BCUT2D eigenvalue weighted by Crippen LogP contribution is 2.35. The summed E-state index contributed by atoms with van der Waals surface area (Å²) < 4.78 is 21.3. The zero-order valence-electron chi connectivity index (χ0n) is 21.3. The average Bonchev–Trinajstić information content (AvgIpc) is 2.74. The molecule has 0 aromatic heterocycles. The molecular weight excluding hydrogens is 443 g/mol. The molecule has 0 saturated heterocycles. The molecular formula is C25H53O5PS. The van der Waals surface area contributed by atoms with Gasteiger partial charge in [0.15, 0.2) is 0 Å². The van der Waals surface area contributed by atoms with Crippen LogP contribution in [0.3, 0.4) is 0 Å². The average molecular weight is 497 g/mol. The Balaban J connectivity index is 4.10. The van der Waals surface area contributed by atoms with Crippen molar-refractivity contribution in [3.05, 3.63) is 0 Å². The van der Waals surface area contributed by atoms with Crippen LogP contribution >= 0.6 is 19.6 Å². The lowest BCUT2D eigenvalue weighted by Crippen LogP contribution is -2.24. The number of thioether (sulfide) groups is 1. The lowest BCUT2D eigenvalue weighted by Gasteiger charge is -2.24. The van der Waals surface area contributed by atoms with E-state index in [1.165, 1.54) is 108 Å². The zero-order valence-corrected chi connectivity index (χ0v) is 23.0. The molecule has 0 fully saturated rings. The smallest absolute Gasteiger partial charge is 0.377 e. The number of phosphoric acid groups is 1. The largest absolute Gasteiger partial charge is 0.469 e. The minimum absolute atomic E-state index is 0.0326. The van der Waals surface area contributed by atoms with Crippen molar-refractivity contribution in [3.8, 4) is 0 Å². The number of hydrogen-bond donors (Lipinski definition) is 2. The van der Waals surface area contributed by atoms with E-state index >= 15 is 0 Å². The van der Waals surface area contributed by atoms with Gasteiger partial charge in [0, 0.05) is 11.9 Å². The Labute approximate surface area is 203 Å². The monoisotopic (exact) mass is 496 g/mol. The first-order valence-electron chi connectivity index (χ1n) is 13.3. The van der Waals surface area contributed by atoms with Gasteiger partial charge in [-0.2, -0.15) is 11.8 Å². The summed E-state index contributed by atoms with van der Waals surface area (Å²) in [7, 11) is -4.37. The van der Waals surface area contributed by atoms with E-state index in [-0.39, 0.29) is 12.7 Å². The van der Waals surface area contributed by atoms with Gasteiger partial charge in [-0.1, -0.05) is 104 Å². The first-order chi connectivity index (χ1) is 15.4. The van der Waals surface area contributed by atoms with Crippen LogP contribution < -0.4 is 0 Å². The van der Waals surface area contributed by atoms with Crippen LogP contribution in [0, 0.1) is 0 Å². The van der Waals surface area contributed by atoms with E-state index in [1.807, 2.05) is 0 Å². The van der Waals surface area contributed by atoms with Gasteiger partial charge >= 0.3 is 7.82 Å². The highest BCUT2D eigenvalue weighted by Gasteiger charge is 2.18. The van der Waals surface area contributed by atoms with Crippen LogP contribution in [0.15, 0.2) is 0 Å². The van der Waals surface area contributed by atoms with Crippen LogP contribution in [0.2, 0.25) is 0 Å². The SMILES string of the molecule is CCCCCCCCCCSC(CCCCCCCCC)C(C)OCCCOP(=O)(O)O. The summed E-state index contributed by atoms with van der Waals surface area (Å²) in [6.07, 6.45) is 21.9. The van der Waals surface area contributed by atoms with Gasteiger partial charge in [-0.05, 0) is 31.9 Å². The normalized spacial score (nSPS) is 14.0. The predicted octanol–water partition coefficient (Wildman–Crippen LogP) is 8.27. The van der Waals surface area contributed by atoms with Crippen molar-refractivity contribution < 1.29 is 23.6 Å². The maximum absolute atomic E-state index is 10.8. The second-order valence-electron chi connectivity index (χ2n) is 9.05. The molecule has 0 aliphatic carbocycles. The fourth-order valence-corrected chi connectivity index (χ4v) is 5.57. The quantitative estimate of drug-likeness (QED) is 0.0978. The molecule has 2 unspecified atom stereocenters. The third-order valence-electron chi connectivity index (χ3n) is 5.87. The van der Waals surface area contributed by atoms with Gasteiger partial charge < -0.3 is 14.5 Å². The standard InChI is InChI=1S/C25H53O5PS/c1-4-6-8-10-12-14-16-18-23-32-25(20-17-15-13-11-9-7-5-2)24(3)29-21-19-22-30-31(26,27)28/h24-25H,4-23H2,1-3H3,(H2,26,27,28). The van der Waals surface area contributed by atoms with Crippen molar-refractivity contribution >= 4 is 19.6 Å². The molecule has 0 aliphatic heterocycles. The molecule has 0 heterocycles. The van der Waals surface area contributed by atoms with Crippen LogP contribution in [0.4, 0.5) is 0 Å². The molecule has 0 spiro atoms. The van der Waals surface area contributed by atoms with Crippen LogP contribution in [0.25, 0.3) is 0 Å². The van der Waals surface area contributed by atoms with E-state index in [4.69, 9.17) is 14.5 Å². The maximum Gasteiger partial charge on any atom is 0.469 e. The molecule has 0 radical (unpaired) electrons. The van der Waals surface area contributed by atoms with Crippen molar-refractivity contribution in [2.24, 2.45) is 0 Å². The van der Waals surface area contributed by atoms with Gasteiger partial charge in [0.05, 0.1) is 12.7 Å². The van der Waals surface area contributed by atoms with Crippen molar-refractivity contribution in [1.82, 2.24) is 0 Å². The van der Waals surface area contributed by atoms with Crippen LogP contribution in [-0.2, 0) is 13.8 Å². The molecule has 0 saturated carbocycles. The molecule has 0 rings (SSSR count). The van der Waals surface area contributed by atoms with E-state index in [2.05, 4.69) is 37.1 Å². The first kappa shape index (κ1) is 32.4. The molecule has 5 nitrogen and oxygen atoms in total. The summed E-state index contributed by atoms with van der Waals surface area (Å²) in [5.74, 6) is 1.20.